The first-order valence-electron chi connectivity index (χ1n) is 4.47. The molecule has 1 aromatic heterocycles. The fourth-order valence-corrected chi connectivity index (χ4v) is 2.34. The van der Waals surface area contributed by atoms with Crippen molar-refractivity contribution >= 4 is 15.9 Å². The molecule has 0 fully saturated rings. The number of hydrogen-bond donors (Lipinski definition) is 2. The monoisotopic (exact) mass is 246 g/mol. The molecule has 8 nitrogen and oxygen atoms in total. The Labute approximate surface area is 91.2 Å². The molecule has 0 bridgehead atoms. The van der Waals surface area contributed by atoms with Crippen LogP contribution < -0.4 is 15.6 Å². The van der Waals surface area contributed by atoms with Crippen LogP contribution in [0.1, 0.15) is 16.9 Å². The van der Waals surface area contributed by atoms with E-state index in [2.05, 4.69) is 5.10 Å². The zero-order valence-corrected chi connectivity index (χ0v) is 9.03. The quantitative estimate of drug-likeness (QED) is 0.649. The minimum Gasteiger partial charge on any atom is -0.477 e. The van der Waals surface area contributed by atoms with Gasteiger partial charge in [0, 0.05) is 13.0 Å². The zero-order chi connectivity index (χ0) is 11.9. The van der Waals surface area contributed by atoms with E-state index in [4.69, 9.17) is 15.6 Å². The van der Waals surface area contributed by atoms with E-state index < -0.39 is 20.8 Å². The van der Waals surface area contributed by atoms with Crippen LogP contribution in [-0.2, 0) is 16.6 Å². The minimum atomic E-state index is -4.09. The Balaban J connectivity index is 2.72. The maximum atomic E-state index is 11.3. The number of amides is 1. The molecule has 1 aromatic rings. The molecule has 4 N–H and O–H groups in total. The van der Waals surface area contributed by atoms with Gasteiger partial charge in [0.05, 0.1) is 6.61 Å². The van der Waals surface area contributed by atoms with Crippen molar-refractivity contribution in [2.45, 2.75) is 17.9 Å². The second-order valence-corrected chi connectivity index (χ2v) is 4.82. The standard InChI is InChI=1S/C7H10N4O4S/c8-6(12)4-5(16(9,13)14)7-11(10-4)2-1-3-15-7/h1-3H2,(H2,8,12)(H2,9,13,14). The van der Waals surface area contributed by atoms with Crippen LogP contribution in [0.25, 0.3) is 0 Å². The third-order valence-electron chi connectivity index (χ3n) is 2.14. The SMILES string of the molecule is NC(=O)c1nn2c(c1S(N)(=O)=O)OCCC2. The number of ether oxygens (including phenoxy) is 1. The topological polar surface area (TPSA) is 130 Å². The molecule has 0 radical (unpaired) electrons. The second-order valence-electron chi connectivity index (χ2n) is 3.32. The number of carbonyl (C=O) groups is 1. The number of sulfonamides is 1. The van der Waals surface area contributed by atoms with Crippen LogP contribution >= 0.6 is 0 Å². The number of aromatic nitrogens is 2. The number of nitrogens with two attached hydrogens (primary N) is 2. The van der Waals surface area contributed by atoms with E-state index in [1.54, 1.807) is 0 Å². The predicted molar refractivity (Wildman–Crippen MR) is 52.2 cm³/mol. The highest BCUT2D eigenvalue weighted by molar-refractivity contribution is 7.89. The summed E-state index contributed by atoms with van der Waals surface area (Å²) in [6, 6.07) is 0. The normalized spacial score (nSPS) is 15.3. The number of fused-ring (bicyclic) bond motifs is 1. The molecule has 0 unspecified atom stereocenters. The van der Waals surface area contributed by atoms with Crippen molar-refractivity contribution in [1.29, 1.82) is 0 Å². The molecule has 0 saturated heterocycles. The number of primary amides is 1. The molecule has 16 heavy (non-hydrogen) atoms. The summed E-state index contributed by atoms with van der Waals surface area (Å²) < 4.78 is 29.1. The molecule has 1 aliphatic heterocycles. The number of hydrogen-bond acceptors (Lipinski definition) is 5. The Morgan fingerprint density at radius 3 is 2.75 bits per heavy atom. The Kier molecular flexibility index (Phi) is 2.35. The number of carbonyl (C=O) groups excluding carboxylic acids is 1. The Bertz CT molecular complexity index is 547. The molecule has 2 rings (SSSR count). The zero-order valence-electron chi connectivity index (χ0n) is 8.21. The molecule has 88 valence electrons. The third kappa shape index (κ3) is 1.63. The van der Waals surface area contributed by atoms with Gasteiger partial charge in [0.15, 0.2) is 10.6 Å². The van der Waals surface area contributed by atoms with Gasteiger partial charge in [-0.3, -0.25) is 4.79 Å². The van der Waals surface area contributed by atoms with Gasteiger partial charge in [-0.25, -0.2) is 18.2 Å². The maximum absolute atomic E-state index is 11.3. The molecule has 0 saturated carbocycles. The molecule has 0 spiro atoms. The van der Waals surface area contributed by atoms with Crippen LogP contribution in [0.4, 0.5) is 0 Å². The number of primary sulfonamides is 1. The van der Waals surface area contributed by atoms with Crippen molar-refractivity contribution in [2.24, 2.45) is 10.9 Å². The summed E-state index contributed by atoms with van der Waals surface area (Å²) >= 11 is 0. The fourth-order valence-electron chi connectivity index (χ4n) is 1.52. The van der Waals surface area contributed by atoms with Crippen LogP contribution in [0.5, 0.6) is 5.88 Å². The van der Waals surface area contributed by atoms with Gasteiger partial charge in [0.2, 0.25) is 15.9 Å². The van der Waals surface area contributed by atoms with Crippen LogP contribution in [-0.4, -0.2) is 30.7 Å². The predicted octanol–water partition coefficient (Wildman–Crippen LogP) is -1.59. The van der Waals surface area contributed by atoms with Crippen LogP contribution in [0.2, 0.25) is 0 Å². The van der Waals surface area contributed by atoms with Gasteiger partial charge in [-0.1, -0.05) is 0 Å². The van der Waals surface area contributed by atoms with E-state index in [1.807, 2.05) is 0 Å². The Hall–Kier alpha value is -1.61. The summed E-state index contributed by atoms with van der Waals surface area (Å²) in [7, 11) is -4.09. The van der Waals surface area contributed by atoms with Gasteiger partial charge < -0.3 is 10.5 Å². The van der Waals surface area contributed by atoms with E-state index >= 15 is 0 Å². The first-order valence-corrected chi connectivity index (χ1v) is 6.02. The van der Waals surface area contributed by atoms with Gasteiger partial charge in [0.1, 0.15) is 0 Å². The summed E-state index contributed by atoms with van der Waals surface area (Å²) in [5.74, 6) is -0.961. The summed E-state index contributed by atoms with van der Waals surface area (Å²) in [4.78, 5) is 10.6. The molecule has 2 heterocycles. The Morgan fingerprint density at radius 2 is 2.19 bits per heavy atom. The smallest absolute Gasteiger partial charge is 0.270 e. The van der Waals surface area contributed by atoms with Gasteiger partial charge in [-0.2, -0.15) is 5.10 Å². The number of aryl methyl sites for hydroxylation is 1. The molecule has 0 aliphatic carbocycles. The van der Waals surface area contributed by atoms with Crippen molar-refractivity contribution in [3.63, 3.8) is 0 Å². The molecule has 1 aliphatic rings. The summed E-state index contributed by atoms with van der Waals surface area (Å²) in [6.45, 7) is 0.817. The summed E-state index contributed by atoms with van der Waals surface area (Å²) in [5.41, 5.74) is 4.66. The van der Waals surface area contributed by atoms with Crippen molar-refractivity contribution in [1.82, 2.24) is 9.78 Å². The van der Waals surface area contributed by atoms with E-state index in [1.165, 1.54) is 4.68 Å². The maximum Gasteiger partial charge on any atom is 0.270 e. The van der Waals surface area contributed by atoms with Crippen molar-refractivity contribution in [2.75, 3.05) is 6.61 Å². The average molecular weight is 246 g/mol. The Morgan fingerprint density at radius 1 is 1.50 bits per heavy atom. The van der Waals surface area contributed by atoms with E-state index in [-0.39, 0.29) is 11.6 Å². The van der Waals surface area contributed by atoms with E-state index in [0.717, 1.165) is 0 Å². The lowest BCUT2D eigenvalue weighted by atomic mass is 10.4. The van der Waals surface area contributed by atoms with E-state index in [9.17, 15) is 13.2 Å². The third-order valence-corrected chi connectivity index (χ3v) is 3.07. The molecule has 0 atom stereocenters. The van der Waals surface area contributed by atoms with Crippen molar-refractivity contribution in [3.05, 3.63) is 5.69 Å². The first-order chi connectivity index (χ1) is 7.41. The highest BCUT2D eigenvalue weighted by Crippen LogP contribution is 2.29. The van der Waals surface area contributed by atoms with Gasteiger partial charge in [-0.15, -0.1) is 0 Å². The molecule has 1 amide bonds. The van der Waals surface area contributed by atoms with E-state index in [0.29, 0.717) is 19.6 Å². The van der Waals surface area contributed by atoms with Crippen molar-refractivity contribution in [3.8, 4) is 5.88 Å². The van der Waals surface area contributed by atoms with Crippen LogP contribution in [0.15, 0.2) is 4.90 Å². The molecule has 0 aromatic carbocycles. The van der Waals surface area contributed by atoms with Gasteiger partial charge in [-0.05, 0) is 0 Å². The van der Waals surface area contributed by atoms with Gasteiger partial charge >= 0.3 is 0 Å². The van der Waals surface area contributed by atoms with Gasteiger partial charge in [0.25, 0.3) is 5.91 Å². The minimum absolute atomic E-state index is 0.0115. The highest BCUT2D eigenvalue weighted by Gasteiger charge is 2.31. The number of rotatable bonds is 2. The lowest BCUT2D eigenvalue weighted by Crippen LogP contribution is -2.20. The molecule has 9 heteroatoms. The van der Waals surface area contributed by atoms with Crippen molar-refractivity contribution < 1.29 is 17.9 Å². The first kappa shape index (κ1) is 10.9. The summed E-state index contributed by atoms with van der Waals surface area (Å²) in [5, 5.41) is 8.77. The van der Waals surface area contributed by atoms with Crippen LogP contribution in [0, 0.1) is 0 Å². The highest BCUT2D eigenvalue weighted by atomic mass is 32.2. The second kappa shape index (κ2) is 3.46. The lowest BCUT2D eigenvalue weighted by molar-refractivity contribution is 0.0991. The summed E-state index contributed by atoms with van der Waals surface area (Å²) in [6.07, 6.45) is 0.678. The number of nitrogens with zero attached hydrogens (tertiary/aromatic N) is 2. The average Bonchev–Trinajstić information content (AvgIpc) is 2.55. The fraction of sp³-hybridized carbons (Fsp3) is 0.429. The lowest BCUT2D eigenvalue weighted by Gasteiger charge is -2.15. The molecular weight excluding hydrogens is 236 g/mol. The largest absolute Gasteiger partial charge is 0.477 e. The molecular formula is C7H10N4O4S. The van der Waals surface area contributed by atoms with Crippen LogP contribution in [0.3, 0.4) is 0 Å².